The fourth-order valence-corrected chi connectivity index (χ4v) is 5.63. The van der Waals surface area contributed by atoms with E-state index in [1.165, 1.54) is 36.8 Å². The number of carbonyl (C=O) groups is 1. The van der Waals surface area contributed by atoms with Crippen LogP contribution in [-0.2, 0) is 11.2 Å². The minimum atomic E-state index is 0.0255. The predicted octanol–water partition coefficient (Wildman–Crippen LogP) is 4.62. The molecule has 3 aliphatic rings. The number of thiocarbonyl (C=S) groups is 1. The number of ketones is 1. The minimum Gasteiger partial charge on any atom is -0.360 e. The van der Waals surface area contributed by atoms with Crippen LogP contribution in [0.1, 0.15) is 76.0 Å². The topological polar surface area (TPSA) is 44.7 Å². The van der Waals surface area contributed by atoms with Gasteiger partial charge >= 0.3 is 0 Å². The van der Waals surface area contributed by atoms with Crippen molar-refractivity contribution in [1.29, 1.82) is 0 Å². The third-order valence-electron chi connectivity index (χ3n) is 6.60. The van der Waals surface area contributed by atoms with Crippen LogP contribution >= 0.6 is 12.2 Å². The number of fused-ring (bicyclic) bond motifs is 1. The minimum absolute atomic E-state index is 0.0255. The summed E-state index contributed by atoms with van der Waals surface area (Å²) in [5.41, 5.74) is 3.82. The van der Waals surface area contributed by atoms with Crippen LogP contribution in [-0.4, -0.2) is 40.6 Å². The molecule has 1 aromatic carbocycles. The molecule has 1 atom stereocenters. The van der Waals surface area contributed by atoms with Crippen molar-refractivity contribution in [3.05, 3.63) is 35.4 Å². The third-order valence-corrected chi connectivity index (χ3v) is 6.96. The second-order valence-corrected chi connectivity index (χ2v) is 10.1. The number of carbonyl (C=O) groups excluding carboxylic acids is 1. The maximum absolute atomic E-state index is 12.2. The molecule has 0 unspecified atom stereocenters. The van der Waals surface area contributed by atoms with Crippen molar-refractivity contribution in [2.45, 2.75) is 77.3 Å². The Hall–Kier alpha value is -1.75. The fourth-order valence-electron chi connectivity index (χ4n) is 5.25. The fraction of sp³-hybridized carbons (Fsp3) is 0.625. The van der Waals surface area contributed by atoms with Gasteiger partial charge in [-0.25, -0.2) is 0 Å². The molecule has 0 saturated heterocycles. The predicted molar refractivity (Wildman–Crippen MR) is 123 cm³/mol. The average Bonchev–Trinajstić information content (AvgIpc) is 3.17. The maximum Gasteiger partial charge on any atom is 0.169 e. The Labute approximate surface area is 180 Å². The number of aliphatic imine (C=N–C) groups is 1. The van der Waals surface area contributed by atoms with Gasteiger partial charge in [-0.15, -0.1) is 0 Å². The summed E-state index contributed by atoms with van der Waals surface area (Å²) in [4.78, 5) is 19.5. The van der Waals surface area contributed by atoms with Crippen LogP contribution in [0.15, 0.2) is 29.3 Å². The van der Waals surface area contributed by atoms with Crippen LogP contribution in [0.5, 0.6) is 0 Å². The summed E-state index contributed by atoms with van der Waals surface area (Å²) < 4.78 is 0. The number of hydrogen-bond donors (Lipinski definition) is 1. The molecule has 0 bridgehead atoms. The van der Waals surface area contributed by atoms with Crippen molar-refractivity contribution in [2.24, 2.45) is 10.4 Å². The molecule has 2 saturated carbocycles. The molecule has 156 valence electrons. The highest BCUT2D eigenvalue weighted by molar-refractivity contribution is 7.80. The monoisotopic (exact) mass is 411 g/mol. The van der Waals surface area contributed by atoms with Crippen molar-refractivity contribution in [3.8, 4) is 0 Å². The Bertz CT molecular complexity index is 810. The quantitative estimate of drug-likeness (QED) is 0.737. The maximum atomic E-state index is 12.2. The van der Waals surface area contributed by atoms with Gasteiger partial charge in [0.25, 0.3) is 0 Å². The molecular formula is C24H33N3OS. The zero-order valence-electron chi connectivity index (χ0n) is 17.7. The van der Waals surface area contributed by atoms with Crippen LogP contribution in [0.3, 0.4) is 0 Å². The highest BCUT2D eigenvalue weighted by atomic mass is 32.1. The second kappa shape index (κ2) is 8.55. The summed E-state index contributed by atoms with van der Waals surface area (Å²) in [6.45, 7) is 5.93. The first-order valence-electron chi connectivity index (χ1n) is 11.1. The lowest BCUT2D eigenvalue weighted by atomic mass is 9.76. The smallest absolute Gasteiger partial charge is 0.169 e. The van der Waals surface area contributed by atoms with E-state index in [1.807, 2.05) is 0 Å². The number of nitrogens with one attached hydrogen (secondary N) is 1. The summed E-state index contributed by atoms with van der Waals surface area (Å²) >= 11 is 5.85. The lowest BCUT2D eigenvalue weighted by Crippen LogP contribution is -2.49. The van der Waals surface area contributed by atoms with Crippen molar-refractivity contribution >= 4 is 28.8 Å². The molecule has 0 radical (unpaired) electrons. The van der Waals surface area contributed by atoms with E-state index in [0.29, 0.717) is 31.2 Å². The van der Waals surface area contributed by atoms with Gasteiger partial charge in [0, 0.05) is 31.1 Å². The molecule has 1 aliphatic heterocycles. The Kier molecular flexibility index (Phi) is 6.05. The normalized spacial score (nSPS) is 25.9. The summed E-state index contributed by atoms with van der Waals surface area (Å²) in [6, 6.07) is 9.35. The summed E-state index contributed by atoms with van der Waals surface area (Å²) in [5.74, 6) is 0.319. The number of rotatable bonds is 3. The van der Waals surface area contributed by atoms with Gasteiger partial charge in [-0.05, 0) is 54.4 Å². The van der Waals surface area contributed by atoms with Crippen LogP contribution in [0.2, 0.25) is 0 Å². The molecule has 29 heavy (non-hydrogen) atoms. The zero-order valence-corrected chi connectivity index (χ0v) is 18.6. The first kappa shape index (κ1) is 20.5. The standard InChI is InChI=1S/C24H33N3OS/c1-24(2)14-19(13-20(28)15-24)25-16-22-21-10-6-3-7-17(21)11-12-27(22)23(29)26-18-8-4-5-9-18/h3,6-7,10,18,22H,4-5,8-9,11-16H2,1-2H3,(H,26,29)/t22-/m1/s1. The number of Topliss-reactive ketones (excluding diaryl/α,β-unsaturated/α-hetero) is 1. The molecule has 2 aliphatic carbocycles. The second-order valence-electron chi connectivity index (χ2n) is 9.73. The number of benzene rings is 1. The number of hydrogen-bond acceptors (Lipinski definition) is 3. The van der Waals surface area contributed by atoms with Crippen LogP contribution < -0.4 is 5.32 Å². The molecule has 0 spiro atoms. The van der Waals surface area contributed by atoms with E-state index in [-0.39, 0.29) is 11.5 Å². The van der Waals surface area contributed by atoms with Gasteiger partial charge in [-0.1, -0.05) is 51.0 Å². The Morgan fingerprint density at radius 3 is 2.76 bits per heavy atom. The molecular weight excluding hydrogens is 378 g/mol. The van der Waals surface area contributed by atoms with Gasteiger partial charge in [0.05, 0.1) is 12.6 Å². The average molecular weight is 412 g/mol. The van der Waals surface area contributed by atoms with Crippen LogP contribution in [0.4, 0.5) is 0 Å². The van der Waals surface area contributed by atoms with Crippen molar-refractivity contribution < 1.29 is 4.79 Å². The van der Waals surface area contributed by atoms with Crippen LogP contribution in [0.25, 0.3) is 0 Å². The van der Waals surface area contributed by atoms with E-state index < -0.39 is 0 Å². The van der Waals surface area contributed by atoms with E-state index in [4.69, 9.17) is 17.2 Å². The molecule has 0 amide bonds. The summed E-state index contributed by atoms with van der Waals surface area (Å²) in [5, 5.41) is 4.49. The van der Waals surface area contributed by atoms with Gasteiger partial charge in [-0.2, -0.15) is 0 Å². The first-order chi connectivity index (χ1) is 13.9. The van der Waals surface area contributed by atoms with E-state index >= 15 is 0 Å². The van der Waals surface area contributed by atoms with Crippen molar-refractivity contribution in [3.63, 3.8) is 0 Å². The summed E-state index contributed by atoms with van der Waals surface area (Å²) in [6.07, 6.45) is 8.14. The number of nitrogens with zero attached hydrogens (tertiary/aromatic N) is 2. The molecule has 2 fully saturated rings. The SMILES string of the molecule is CC1(C)CC(=O)CC(=NC[C@@H]2c3ccccc3CCN2C(=S)NC2CCCC2)C1. The zero-order chi connectivity index (χ0) is 20.4. The van der Waals surface area contributed by atoms with Gasteiger partial charge in [0.1, 0.15) is 5.78 Å². The molecule has 4 nitrogen and oxygen atoms in total. The van der Waals surface area contributed by atoms with E-state index in [1.54, 1.807) is 0 Å². The third kappa shape index (κ3) is 4.88. The first-order valence-corrected chi connectivity index (χ1v) is 11.5. The molecule has 5 heteroatoms. The molecule has 1 N–H and O–H groups in total. The lowest BCUT2D eigenvalue weighted by Gasteiger charge is -2.39. The molecule has 1 heterocycles. The Morgan fingerprint density at radius 1 is 1.24 bits per heavy atom. The van der Waals surface area contributed by atoms with E-state index in [2.05, 4.69) is 48.3 Å². The largest absolute Gasteiger partial charge is 0.360 e. The van der Waals surface area contributed by atoms with Gasteiger partial charge < -0.3 is 10.2 Å². The van der Waals surface area contributed by atoms with Crippen molar-refractivity contribution in [2.75, 3.05) is 13.1 Å². The lowest BCUT2D eigenvalue weighted by molar-refractivity contribution is -0.120. The highest BCUT2D eigenvalue weighted by Crippen LogP contribution is 2.34. The van der Waals surface area contributed by atoms with Crippen molar-refractivity contribution in [1.82, 2.24) is 10.2 Å². The highest BCUT2D eigenvalue weighted by Gasteiger charge is 2.32. The van der Waals surface area contributed by atoms with E-state index in [0.717, 1.165) is 30.2 Å². The van der Waals surface area contributed by atoms with Gasteiger partial charge in [-0.3, -0.25) is 9.79 Å². The van der Waals surface area contributed by atoms with Gasteiger partial charge in [0.15, 0.2) is 5.11 Å². The summed E-state index contributed by atoms with van der Waals surface area (Å²) in [7, 11) is 0. The van der Waals surface area contributed by atoms with Gasteiger partial charge in [0.2, 0.25) is 0 Å². The molecule has 1 aromatic rings. The molecule has 0 aromatic heterocycles. The van der Waals surface area contributed by atoms with E-state index in [9.17, 15) is 4.79 Å². The Morgan fingerprint density at radius 2 is 2.00 bits per heavy atom. The Balaban J connectivity index is 1.55. The van der Waals surface area contributed by atoms with Crippen LogP contribution in [0, 0.1) is 5.41 Å². The molecule has 4 rings (SSSR count).